The summed E-state index contributed by atoms with van der Waals surface area (Å²) in [6, 6.07) is 9.29. The topological polar surface area (TPSA) is 24.5 Å². The van der Waals surface area contributed by atoms with Crippen molar-refractivity contribution in [2.45, 2.75) is 32.7 Å². The van der Waals surface area contributed by atoms with Crippen LogP contribution in [0, 0.1) is 5.41 Å². The maximum absolute atomic E-state index is 5.69. The van der Waals surface area contributed by atoms with E-state index < -0.39 is 0 Å². The molecule has 1 N–H and O–H groups in total. The molecule has 0 aromatic heterocycles. The van der Waals surface area contributed by atoms with Crippen LogP contribution >= 0.6 is 0 Å². The minimum absolute atomic E-state index is 0.304. The molecule has 2 rings (SSSR count). The van der Waals surface area contributed by atoms with Gasteiger partial charge in [-0.1, -0.05) is 38.1 Å². The summed E-state index contributed by atoms with van der Waals surface area (Å²) in [6.45, 7) is 8.22. The molecule has 21 heavy (non-hydrogen) atoms. The predicted octanol–water partition coefficient (Wildman–Crippen LogP) is 2.87. The van der Waals surface area contributed by atoms with Crippen molar-refractivity contribution >= 4 is 0 Å². The maximum atomic E-state index is 5.69. The van der Waals surface area contributed by atoms with Crippen LogP contribution in [0.5, 0.6) is 0 Å². The van der Waals surface area contributed by atoms with Gasteiger partial charge in [0, 0.05) is 19.1 Å². The number of nitrogens with one attached hydrogen (secondary N) is 1. The summed E-state index contributed by atoms with van der Waals surface area (Å²) < 4.78 is 5.69. The van der Waals surface area contributed by atoms with Crippen LogP contribution in [0.2, 0.25) is 0 Å². The van der Waals surface area contributed by atoms with Gasteiger partial charge in [-0.25, -0.2) is 0 Å². The molecule has 0 aliphatic heterocycles. The van der Waals surface area contributed by atoms with Crippen molar-refractivity contribution in [1.29, 1.82) is 0 Å². The fourth-order valence-electron chi connectivity index (χ4n) is 3.08. The Kier molecular flexibility index (Phi) is 5.80. The molecule has 0 fully saturated rings. The number of ether oxygens (including phenoxy) is 1. The summed E-state index contributed by atoms with van der Waals surface area (Å²) in [7, 11) is 4.15. The van der Waals surface area contributed by atoms with Gasteiger partial charge in [0.05, 0.1) is 13.2 Å². The number of benzene rings is 1. The average molecular weight is 290 g/mol. The van der Waals surface area contributed by atoms with Gasteiger partial charge in [-0.05, 0) is 43.5 Å². The highest BCUT2D eigenvalue weighted by Crippen LogP contribution is 2.43. The number of hydrogen-bond acceptors (Lipinski definition) is 3. The lowest BCUT2D eigenvalue weighted by Gasteiger charge is -2.40. The van der Waals surface area contributed by atoms with Gasteiger partial charge in [0.25, 0.3) is 0 Å². The number of fused-ring (bicyclic) bond motifs is 1. The van der Waals surface area contributed by atoms with Crippen LogP contribution in [0.25, 0.3) is 0 Å². The largest absolute Gasteiger partial charge is 0.379 e. The Morgan fingerprint density at radius 3 is 2.76 bits per heavy atom. The van der Waals surface area contributed by atoms with Crippen molar-refractivity contribution in [1.82, 2.24) is 10.2 Å². The van der Waals surface area contributed by atoms with E-state index in [1.165, 1.54) is 24.0 Å². The highest BCUT2D eigenvalue weighted by Gasteiger charge is 2.35. The van der Waals surface area contributed by atoms with Crippen molar-refractivity contribution in [3.05, 3.63) is 35.4 Å². The SMILES string of the molecule is CN(C)CCOCCNC1c2ccccc2CCC1(C)C. The third kappa shape index (κ3) is 4.53. The van der Waals surface area contributed by atoms with E-state index >= 15 is 0 Å². The molecule has 1 unspecified atom stereocenters. The van der Waals surface area contributed by atoms with Crippen molar-refractivity contribution in [2.75, 3.05) is 40.4 Å². The zero-order valence-corrected chi connectivity index (χ0v) is 14.0. The second-order valence-corrected chi connectivity index (χ2v) is 6.99. The van der Waals surface area contributed by atoms with Crippen molar-refractivity contribution < 1.29 is 4.74 Å². The van der Waals surface area contributed by atoms with Crippen LogP contribution in [0.1, 0.15) is 37.4 Å². The van der Waals surface area contributed by atoms with Crippen LogP contribution in [0.3, 0.4) is 0 Å². The molecule has 1 aliphatic carbocycles. The number of hydrogen-bond donors (Lipinski definition) is 1. The molecule has 0 spiro atoms. The highest BCUT2D eigenvalue weighted by molar-refractivity contribution is 5.34. The molecule has 1 atom stereocenters. The van der Waals surface area contributed by atoms with Gasteiger partial charge in [0.15, 0.2) is 0 Å². The van der Waals surface area contributed by atoms with Crippen molar-refractivity contribution in [2.24, 2.45) is 5.41 Å². The van der Waals surface area contributed by atoms with Gasteiger partial charge in [0.2, 0.25) is 0 Å². The molecule has 0 saturated heterocycles. The third-order valence-corrected chi connectivity index (χ3v) is 4.46. The smallest absolute Gasteiger partial charge is 0.0593 e. The van der Waals surface area contributed by atoms with Crippen LogP contribution in [-0.4, -0.2) is 45.3 Å². The lowest BCUT2D eigenvalue weighted by atomic mass is 9.70. The van der Waals surface area contributed by atoms with Gasteiger partial charge in [-0.15, -0.1) is 0 Å². The molecule has 0 bridgehead atoms. The Balaban J connectivity index is 1.86. The first kappa shape index (κ1) is 16.5. The molecule has 0 saturated carbocycles. The summed E-state index contributed by atoms with van der Waals surface area (Å²) in [6.07, 6.45) is 2.43. The van der Waals surface area contributed by atoms with Gasteiger partial charge in [-0.2, -0.15) is 0 Å². The van der Waals surface area contributed by atoms with E-state index in [-0.39, 0.29) is 0 Å². The third-order valence-electron chi connectivity index (χ3n) is 4.46. The normalized spacial score (nSPS) is 20.5. The zero-order valence-electron chi connectivity index (χ0n) is 14.0. The second kappa shape index (κ2) is 7.39. The molecular formula is C18H30N2O. The minimum atomic E-state index is 0.304. The van der Waals surface area contributed by atoms with E-state index in [0.717, 1.165) is 26.3 Å². The van der Waals surface area contributed by atoms with Gasteiger partial charge in [0.1, 0.15) is 0 Å². The number of nitrogens with zero attached hydrogens (tertiary/aromatic N) is 1. The number of rotatable bonds is 7. The second-order valence-electron chi connectivity index (χ2n) is 6.99. The fourth-order valence-corrected chi connectivity index (χ4v) is 3.08. The Bertz CT molecular complexity index is 443. The predicted molar refractivity (Wildman–Crippen MR) is 88.7 cm³/mol. The van der Waals surface area contributed by atoms with Gasteiger partial charge < -0.3 is 15.0 Å². The molecule has 1 aliphatic rings. The van der Waals surface area contributed by atoms with Crippen LogP contribution in [0.15, 0.2) is 24.3 Å². The maximum Gasteiger partial charge on any atom is 0.0593 e. The van der Waals surface area contributed by atoms with E-state index in [9.17, 15) is 0 Å². The first-order chi connectivity index (χ1) is 10.0. The Morgan fingerprint density at radius 1 is 1.24 bits per heavy atom. The molecule has 0 heterocycles. The molecule has 3 heteroatoms. The Hall–Kier alpha value is -0.900. The fraction of sp³-hybridized carbons (Fsp3) is 0.667. The molecule has 1 aromatic carbocycles. The van der Waals surface area contributed by atoms with E-state index in [1.54, 1.807) is 0 Å². The molecule has 0 radical (unpaired) electrons. The van der Waals surface area contributed by atoms with Crippen molar-refractivity contribution in [3.8, 4) is 0 Å². The molecule has 0 amide bonds. The summed E-state index contributed by atoms with van der Waals surface area (Å²) in [5.74, 6) is 0. The first-order valence-electron chi connectivity index (χ1n) is 8.04. The summed E-state index contributed by atoms with van der Waals surface area (Å²) >= 11 is 0. The molecule has 118 valence electrons. The van der Waals surface area contributed by atoms with E-state index in [0.29, 0.717) is 11.5 Å². The number of aryl methyl sites for hydroxylation is 1. The lowest BCUT2D eigenvalue weighted by molar-refractivity contribution is 0.109. The Morgan fingerprint density at radius 2 is 2.00 bits per heavy atom. The van der Waals surface area contributed by atoms with Crippen LogP contribution in [0.4, 0.5) is 0 Å². The average Bonchev–Trinajstić information content (AvgIpc) is 2.44. The van der Waals surface area contributed by atoms with Crippen molar-refractivity contribution in [3.63, 3.8) is 0 Å². The first-order valence-corrected chi connectivity index (χ1v) is 8.04. The highest BCUT2D eigenvalue weighted by atomic mass is 16.5. The van der Waals surface area contributed by atoms with Gasteiger partial charge >= 0.3 is 0 Å². The molecular weight excluding hydrogens is 260 g/mol. The zero-order chi connectivity index (χ0) is 15.3. The summed E-state index contributed by atoms with van der Waals surface area (Å²) in [4.78, 5) is 2.15. The molecule has 1 aromatic rings. The Labute approximate surface area is 129 Å². The minimum Gasteiger partial charge on any atom is -0.379 e. The lowest BCUT2D eigenvalue weighted by Crippen LogP contribution is -2.39. The van der Waals surface area contributed by atoms with E-state index in [2.05, 4.69) is 62.4 Å². The van der Waals surface area contributed by atoms with E-state index in [4.69, 9.17) is 4.74 Å². The standard InChI is InChI=1S/C18H30N2O/c1-18(2)10-9-15-7-5-6-8-16(15)17(18)19-11-13-21-14-12-20(3)4/h5-8,17,19H,9-14H2,1-4H3. The number of likely N-dealkylation sites (N-methyl/N-ethyl adjacent to an activating group) is 1. The van der Waals surface area contributed by atoms with Crippen LogP contribution < -0.4 is 5.32 Å². The summed E-state index contributed by atoms with van der Waals surface area (Å²) in [5.41, 5.74) is 3.28. The van der Waals surface area contributed by atoms with Crippen LogP contribution in [-0.2, 0) is 11.2 Å². The quantitative estimate of drug-likeness (QED) is 0.782. The monoisotopic (exact) mass is 290 g/mol. The summed E-state index contributed by atoms with van der Waals surface area (Å²) in [5, 5.41) is 3.72. The van der Waals surface area contributed by atoms with Gasteiger partial charge in [-0.3, -0.25) is 0 Å². The molecule has 3 nitrogen and oxygen atoms in total. The van der Waals surface area contributed by atoms with E-state index in [1.807, 2.05) is 0 Å².